The van der Waals surface area contributed by atoms with Crippen LogP contribution < -0.4 is 5.32 Å². The van der Waals surface area contributed by atoms with Crippen LogP contribution in [0.25, 0.3) is 0 Å². The third-order valence-corrected chi connectivity index (χ3v) is 4.94. The first-order valence-corrected chi connectivity index (χ1v) is 8.23. The molecule has 116 valence electrons. The van der Waals surface area contributed by atoms with Crippen LogP contribution in [0.5, 0.6) is 5.75 Å². The third kappa shape index (κ3) is 4.27. The molecule has 0 radical (unpaired) electrons. The molecule has 2 rings (SSSR count). The van der Waals surface area contributed by atoms with Gasteiger partial charge in [-0.2, -0.15) is 11.8 Å². The summed E-state index contributed by atoms with van der Waals surface area (Å²) in [4.78, 5) is 6.57. The Morgan fingerprint density at radius 1 is 1.57 bits per heavy atom. The summed E-state index contributed by atoms with van der Waals surface area (Å²) in [6, 6.07) is 4.43. The smallest absolute Gasteiger partial charge is 0.193 e. The maximum Gasteiger partial charge on any atom is 0.193 e. The van der Waals surface area contributed by atoms with E-state index in [9.17, 15) is 9.50 Å². The molecule has 1 fully saturated rings. The second-order valence-corrected chi connectivity index (χ2v) is 6.44. The van der Waals surface area contributed by atoms with E-state index in [4.69, 9.17) is 0 Å². The van der Waals surface area contributed by atoms with Crippen LogP contribution in [0.15, 0.2) is 23.2 Å². The Morgan fingerprint density at radius 3 is 3.05 bits per heavy atom. The van der Waals surface area contributed by atoms with Gasteiger partial charge in [0.15, 0.2) is 17.5 Å². The second-order valence-electron chi connectivity index (χ2n) is 5.03. The van der Waals surface area contributed by atoms with Crippen molar-refractivity contribution in [1.29, 1.82) is 0 Å². The highest BCUT2D eigenvalue weighted by Crippen LogP contribution is 2.21. The maximum absolute atomic E-state index is 13.3. The van der Waals surface area contributed by atoms with E-state index in [1.165, 1.54) is 12.1 Å². The quantitative estimate of drug-likeness (QED) is 0.665. The number of nitrogens with one attached hydrogen (secondary N) is 1. The molecule has 0 aliphatic carbocycles. The van der Waals surface area contributed by atoms with Gasteiger partial charge in [0.25, 0.3) is 0 Å². The zero-order valence-electron chi connectivity index (χ0n) is 12.5. The number of aromatic hydroxyl groups is 1. The number of rotatable bonds is 3. The first-order valence-electron chi connectivity index (χ1n) is 7.18. The molecule has 1 atom stereocenters. The van der Waals surface area contributed by atoms with E-state index in [1.54, 1.807) is 13.1 Å². The van der Waals surface area contributed by atoms with Gasteiger partial charge in [-0.15, -0.1) is 0 Å². The minimum atomic E-state index is -0.593. The van der Waals surface area contributed by atoms with Crippen LogP contribution >= 0.6 is 11.8 Å². The minimum Gasteiger partial charge on any atom is -0.505 e. The number of thioether (sulfide) groups is 1. The Labute approximate surface area is 129 Å². The summed E-state index contributed by atoms with van der Waals surface area (Å²) < 4.78 is 13.3. The molecule has 0 bridgehead atoms. The van der Waals surface area contributed by atoms with Crippen LogP contribution in [-0.4, -0.2) is 47.1 Å². The largest absolute Gasteiger partial charge is 0.505 e. The maximum atomic E-state index is 13.3. The van der Waals surface area contributed by atoms with Crippen molar-refractivity contribution in [3.05, 3.63) is 29.6 Å². The standard InChI is InChI=1S/C15H22FN3OS/c1-3-12-10-19(6-7-21-12)15(17-2)18-9-11-4-5-14(20)13(16)8-11/h4-5,8,12,20H,3,6-7,9-10H2,1-2H3,(H,17,18). The lowest BCUT2D eigenvalue weighted by Crippen LogP contribution is -2.47. The number of phenolic OH excluding ortho intramolecular Hbond substituents is 1. The summed E-state index contributed by atoms with van der Waals surface area (Å²) in [7, 11) is 1.77. The van der Waals surface area contributed by atoms with Crippen molar-refractivity contribution >= 4 is 17.7 Å². The number of guanidine groups is 1. The molecule has 0 amide bonds. The first-order chi connectivity index (χ1) is 10.1. The van der Waals surface area contributed by atoms with Gasteiger partial charge in [0.2, 0.25) is 0 Å². The van der Waals surface area contributed by atoms with E-state index in [-0.39, 0.29) is 5.75 Å². The highest BCUT2D eigenvalue weighted by atomic mass is 32.2. The molecular weight excluding hydrogens is 289 g/mol. The molecule has 0 saturated carbocycles. The van der Waals surface area contributed by atoms with E-state index < -0.39 is 5.82 Å². The Balaban J connectivity index is 1.94. The number of nitrogens with zero attached hydrogens (tertiary/aromatic N) is 2. The second kappa shape index (κ2) is 7.54. The van der Waals surface area contributed by atoms with Crippen LogP contribution in [0.4, 0.5) is 4.39 Å². The van der Waals surface area contributed by atoms with Crippen LogP contribution in [0.3, 0.4) is 0 Å². The van der Waals surface area contributed by atoms with E-state index >= 15 is 0 Å². The fourth-order valence-electron chi connectivity index (χ4n) is 2.33. The monoisotopic (exact) mass is 311 g/mol. The van der Waals surface area contributed by atoms with Crippen molar-refractivity contribution in [2.45, 2.75) is 25.1 Å². The molecule has 1 unspecified atom stereocenters. The van der Waals surface area contributed by atoms with Gasteiger partial charge in [-0.1, -0.05) is 13.0 Å². The predicted octanol–water partition coefficient (Wildman–Crippen LogP) is 2.43. The molecule has 1 aromatic rings. The topological polar surface area (TPSA) is 47.9 Å². The average molecular weight is 311 g/mol. The van der Waals surface area contributed by atoms with Crippen molar-refractivity contribution < 1.29 is 9.50 Å². The number of hydrogen-bond acceptors (Lipinski definition) is 3. The van der Waals surface area contributed by atoms with Gasteiger partial charge >= 0.3 is 0 Å². The van der Waals surface area contributed by atoms with Crippen molar-refractivity contribution in [1.82, 2.24) is 10.2 Å². The van der Waals surface area contributed by atoms with Crippen LogP contribution in [0.2, 0.25) is 0 Å². The summed E-state index contributed by atoms with van der Waals surface area (Å²) in [5, 5.41) is 13.1. The molecular formula is C15H22FN3OS. The molecule has 1 aromatic carbocycles. The fraction of sp³-hybridized carbons (Fsp3) is 0.533. The predicted molar refractivity (Wildman–Crippen MR) is 86.4 cm³/mol. The van der Waals surface area contributed by atoms with Gasteiger partial charge in [-0.05, 0) is 24.1 Å². The molecule has 4 nitrogen and oxygen atoms in total. The summed E-state index contributed by atoms with van der Waals surface area (Å²) in [6.07, 6.45) is 1.15. The average Bonchev–Trinajstić information content (AvgIpc) is 2.51. The van der Waals surface area contributed by atoms with E-state index in [2.05, 4.69) is 22.1 Å². The summed E-state index contributed by atoms with van der Waals surface area (Å²) in [6.45, 7) is 4.66. The SMILES string of the molecule is CCC1CN(C(=NC)NCc2ccc(O)c(F)c2)CCS1. The van der Waals surface area contributed by atoms with Gasteiger partial charge in [-0.25, -0.2) is 4.39 Å². The summed E-state index contributed by atoms with van der Waals surface area (Å²) >= 11 is 2.01. The molecule has 1 heterocycles. The number of halogens is 1. The molecule has 2 N–H and O–H groups in total. The molecule has 1 saturated heterocycles. The van der Waals surface area contributed by atoms with Gasteiger partial charge < -0.3 is 15.3 Å². The Hall–Kier alpha value is -1.43. The number of aliphatic imine (C=N–C) groups is 1. The minimum absolute atomic E-state index is 0.318. The van der Waals surface area contributed by atoms with Crippen LogP contribution in [0, 0.1) is 5.82 Å². The lowest BCUT2D eigenvalue weighted by molar-refractivity contribution is 0.407. The summed E-state index contributed by atoms with van der Waals surface area (Å²) in [5.74, 6) is 1.04. The third-order valence-electron chi connectivity index (χ3n) is 3.57. The highest BCUT2D eigenvalue weighted by Gasteiger charge is 2.21. The van der Waals surface area contributed by atoms with E-state index in [0.717, 1.165) is 36.8 Å². The van der Waals surface area contributed by atoms with E-state index in [0.29, 0.717) is 11.8 Å². The summed E-state index contributed by atoms with van der Waals surface area (Å²) in [5.41, 5.74) is 0.782. The number of hydrogen-bond donors (Lipinski definition) is 2. The zero-order valence-corrected chi connectivity index (χ0v) is 13.3. The van der Waals surface area contributed by atoms with Crippen molar-refractivity contribution in [2.75, 3.05) is 25.9 Å². The Kier molecular flexibility index (Phi) is 5.73. The Morgan fingerprint density at radius 2 is 2.38 bits per heavy atom. The number of phenols is 1. The number of benzene rings is 1. The molecule has 6 heteroatoms. The zero-order chi connectivity index (χ0) is 15.2. The van der Waals surface area contributed by atoms with Crippen molar-refractivity contribution in [2.24, 2.45) is 4.99 Å². The van der Waals surface area contributed by atoms with Crippen molar-refractivity contribution in [3.8, 4) is 5.75 Å². The molecule has 21 heavy (non-hydrogen) atoms. The van der Waals surface area contributed by atoms with Crippen LogP contribution in [-0.2, 0) is 6.54 Å². The van der Waals surface area contributed by atoms with Crippen LogP contribution in [0.1, 0.15) is 18.9 Å². The molecule has 1 aliphatic heterocycles. The highest BCUT2D eigenvalue weighted by molar-refractivity contribution is 8.00. The molecule has 1 aliphatic rings. The first kappa shape index (κ1) is 15.9. The Bertz CT molecular complexity index is 510. The normalized spacial score (nSPS) is 19.7. The van der Waals surface area contributed by atoms with Gasteiger partial charge in [0.05, 0.1) is 0 Å². The van der Waals surface area contributed by atoms with Crippen molar-refractivity contribution in [3.63, 3.8) is 0 Å². The fourth-order valence-corrected chi connectivity index (χ4v) is 3.51. The van der Waals surface area contributed by atoms with E-state index in [1.807, 2.05) is 11.8 Å². The lowest BCUT2D eigenvalue weighted by atomic mass is 10.2. The molecule has 0 aromatic heterocycles. The molecule has 0 spiro atoms. The van der Waals surface area contributed by atoms with Gasteiger partial charge in [-0.3, -0.25) is 4.99 Å². The van der Waals surface area contributed by atoms with Gasteiger partial charge in [0, 0.05) is 37.7 Å². The van der Waals surface area contributed by atoms with Gasteiger partial charge in [0.1, 0.15) is 0 Å². The lowest BCUT2D eigenvalue weighted by Gasteiger charge is -2.34.